The molecule has 0 saturated carbocycles. The van der Waals surface area contributed by atoms with Gasteiger partial charge in [-0.25, -0.2) is 0 Å². The molecule has 0 aliphatic carbocycles. The summed E-state index contributed by atoms with van der Waals surface area (Å²) < 4.78 is 0. The topological polar surface area (TPSA) is 12.0 Å². The lowest BCUT2D eigenvalue weighted by Gasteiger charge is -2.31. The molecule has 0 bridgehead atoms. The van der Waals surface area contributed by atoms with Crippen LogP contribution in [0, 0.1) is 0 Å². The van der Waals surface area contributed by atoms with E-state index in [1.165, 1.54) is 5.75 Å². The largest absolute Gasteiger partial charge is 0.306 e. The van der Waals surface area contributed by atoms with Gasteiger partial charge in [0.2, 0.25) is 0 Å². The standard InChI is InChI=1S/C12H15Cl2NS/c1-2-9-6-16-7-12(15-9)10-5-8(13)3-4-11(10)14/h3-5,9,12,15H,2,6-7H2,1H3. The van der Waals surface area contributed by atoms with E-state index in [1.807, 2.05) is 30.0 Å². The van der Waals surface area contributed by atoms with E-state index in [1.54, 1.807) is 0 Å². The fourth-order valence-corrected chi connectivity index (χ4v) is 3.60. The number of thioether (sulfide) groups is 1. The summed E-state index contributed by atoms with van der Waals surface area (Å²) in [4.78, 5) is 0. The molecule has 1 fully saturated rings. The molecule has 0 spiro atoms. The molecule has 1 nitrogen and oxygen atoms in total. The monoisotopic (exact) mass is 275 g/mol. The molecule has 1 aromatic carbocycles. The maximum atomic E-state index is 6.21. The molecule has 1 saturated heterocycles. The van der Waals surface area contributed by atoms with Crippen LogP contribution in [0.15, 0.2) is 18.2 Å². The minimum absolute atomic E-state index is 0.329. The second-order valence-electron chi connectivity index (χ2n) is 4.03. The zero-order chi connectivity index (χ0) is 11.5. The smallest absolute Gasteiger partial charge is 0.0455 e. The van der Waals surface area contributed by atoms with E-state index in [0.717, 1.165) is 27.8 Å². The third-order valence-electron chi connectivity index (χ3n) is 2.87. The Morgan fingerprint density at radius 1 is 1.38 bits per heavy atom. The Kier molecular flexibility index (Phi) is 4.42. The number of hydrogen-bond acceptors (Lipinski definition) is 2. The maximum absolute atomic E-state index is 6.21. The lowest BCUT2D eigenvalue weighted by Crippen LogP contribution is -2.39. The van der Waals surface area contributed by atoms with Gasteiger partial charge in [-0.3, -0.25) is 0 Å². The van der Waals surface area contributed by atoms with Crippen LogP contribution < -0.4 is 5.32 Å². The van der Waals surface area contributed by atoms with Gasteiger partial charge in [0, 0.05) is 33.6 Å². The molecule has 2 unspecified atom stereocenters. The first-order chi connectivity index (χ1) is 7.70. The number of rotatable bonds is 2. The second-order valence-corrected chi connectivity index (χ2v) is 5.95. The van der Waals surface area contributed by atoms with Gasteiger partial charge in [0.05, 0.1) is 0 Å². The van der Waals surface area contributed by atoms with Crippen LogP contribution in [0.5, 0.6) is 0 Å². The van der Waals surface area contributed by atoms with E-state index >= 15 is 0 Å². The maximum Gasteiger partial charge on any atom is 0.0455 e. The van der Waals surface area contributed by atoms with Crippen LogP contribution in [0.2, 0.25) is 10.0 Å². The fourth-order valence-electron chi connectivity index (χ4n) is 1.91. The van der Waals surface area contributed by atoms with Gasteiger partial charge in [0.15, 0.2) is 0 Å². The summed E-state index contributed by atoms with van der Waals surface area (Å²) in [5.41, 5.74) is 1.12. The SMILES string of the molecule is CCC1CSCC(c2cc(Cl)ccc2Cl)N1. The van der Waals surface area contributed by atoms with Gasteiger partial charge in [-0.2, -0.15) is 11.8 Å². The third kappa shape index (κ3) is 2.86. The molecule has 0 radical (unpaired) electrons. The highest BCUT2D eigenvalue weighted by molar-refractivity contribution is 7.99. The molecular formula is C12H15Cl2NS. The molecule has 0 aromatic heterocycles. The van der Waals surface area contributed by atoms with Crippen molar-refractivity contribution >= 4 is 35.0 Å². The summed E-state index contributed by atoms with van der Waals surface area (Å²) in [5, 5.41) is 5.18. The summed E-state index contributed by atoms with van der Waals surface area (Å²) in [5.74, 6) is 2.25. The number of benzene rings is 1. The Labute approximate surface area is 111 Å². The summed E-state index contributed by atoms with van der Waals surface area (Å²) in [6, 6.07) is 6.59. The van der Waals surface area contributed by atoms with Crippen molar-refractivity contribution in [3.05, 3.63) is 33.8 Å². The number of hydrogen-bond donors (Lipinski definition) is 1. The van der Waals surface area contributed by atoms with E-state index in [9.17, 15) is 0 Å². The van der Waals surface area contributed by atoms with Crippen LogP contribution in [-0.2, 0) is 0 Å². The molecule has 2 atom stereocenters. The van der Waals surface area contributed by atoms with Gasteiger partial charge >= 0.3 is 0 Å². The summed E-state index contributed by atoms with van der Waals surface area (Å²) >= 11 is 14.2. The molecule has 0 amide bonds. The quantitative estimate of drug-likeness (QED) is 0.870. The second kappa shape index (κ2) is 5.63. The van der Waals surface area contributed by atoms with Gasteiger partial charge in [-0.1, -0.05) is 30.1 Å². The highest BCUT2D eigenvalue weighted by atomic mass is 35.5. The molecule has 1 aromatic rings. The molecule has 88 valence electrons. The van der Waals surface area contributed by atoms with Crippen LogP contribution in [0.1, 0.15) is 24.9 Å². The van der Waals surface area contributed by atoms with Crippen molar-refractivity contribution in [2.75, 3.05) is 11.5 Å². The Bertz CT molecular complexity index is 370. The lowest BCUT2D eigenvalue weighted by molar-refractivity contribution is 0.466. The van der Waals surface area contributed by atoms with Crippen molar-refractivity contribution in [2.24, 2.45) is 0 Å². The van der Waals surface area contributed by atoms with Crippen molar-refractivity contribution in [3.63, 3.8) is 0 Å². The summed E-state index contributed by atoms with van der Waals surface area (Å²) in [6.45, 7) is 2.21. The van der Waals surface area contributed by atoms with Crippen LogP contribution in [0.3, 0.4) is 0 Å². The van der Waals surface area contributed by atoms with Crippen molar-refractivity contribution < 1.29 is 0 Å². The van der Waals surface area contributed by atoms with Gasteiger partial charge in [-0.15, -0.1) is 0 Å². The highest BCUT2D eigenvalue weighted by Gasteiger charge is 2.23. The predicted octanol–water partition coefficient (Wildman–Crippen LogP) is 4.15. The van der Waals surface area contributed by atoms with E-state index < -0.39 is 0 Å². The first kappa shape index (κ1) is 12.6. The summed E-state index contributed by atoms with van der Waals surface area (Å²) in [6.07, 6.45) is 1.15. The van der Waals surface area contributed by atoms with Crippen LogP contribution in [0.25, 0.3) is 0 Å². The van der Waals surface area contributed by atoms with Gasteiger partial charge < -0.3 is 5.32 Å². The molecule has 1 N–H and O–H groups in total. The predicted molar refractivity (Wildman–Crippen MR) is 73.7 cm³/mol. The molecule has 16 heavy (non-hydrogen) atoms. The van der Waals surface area contributed by atoms with Gasteiger partial charge in [-0.05, 0) is 30.2 Å². The van der Waals surface area contributed by atoms with E-state index in [4.69, 9.17) is 23.2 Å². The molecule has 1 heterocycles. The minimum Gasteiger partial charge on any atom is -0.306 e. The number of halogens is 2. The first-order valence-corrected chi connectivity index (χ1v) is 7.40. The van der Waals surface area contributed by atoms with Gasteiger partial charge in [0.25, 0.3) is 0 Å². The van der Waals surface area contributed by atoms with E-state index in [2.05, 4.69) is 12.2 Å². The van der Waals surface area contributed by atoms with E-state index in [0.29, 0.717) is 12.1 Å². The summed E-state index contributed by atoms with van der Waals surface area (Å²) in [7, 11) is 0. The van der Waals surface area contributed by atoms with Crippen LogP contribution in [-0.4, -0.2) is 17.5 Å². The van der Waals surface area contributed by atoms with Crippen molar-refractivity contribution in [1.29, 1.82) is 0 Å². The van der Waals surface area contributed by atoms with E-state index in [-0.39, 0.29) is 0 Å². The van der Waals surface area contributed by atoms with Crippen LogP contribution >= 0.6 is 35.0 Å². The van der Waals surface area contributed by atoms with Crippen molar-refractivity contribution in [2.45, 2.75) is 25.4 Å². The average Bonchev–Trinajstić information content (AvgIpc) is 2.32. The fraction of sp³-hybridized carbons (Fsp3) is 0.500. The van der Waals surface area contributed by atoms with Crippen molar-refractivity contribution in [3.8, 4) is 0 Å². The Balaban J connectivity index is 2.19. The molecule has 4 heteroatoms. The normalized spacial score (nSPS) is 25.7. The Morgan fingerprint density at radius 3 is 2.94 bits per heavy atom. The minimum atomic E-state index is 0.329. The third-order valence-corrected chi connectivity index (χ3v) is 4.65. The van der Waals surface area contributed by atoms with Gasteiger partial charge in [0.1, 0.15) is 0 Å². The Morgan fingerprint density at radius 2 is 2.19 bits per heavy atom. The molecule has 1 aliphatic heterocycles. The zero-order valence-corrected chi connectivity index (χ0v) is 11.5. The Hall–Kier alpha value is 0.110. The first-order valence-electron chi connectivity index (χ1n) is 5.49. The highest BCUT2D eigenvalue weighted by Crippen LogP contribution is 2.31. The molecule has 1 aliphatic rings. The zero-order valence-electron chi connectivity index (χ0n) is 9.17. The average molecular weight is 276 g/mol. The molecule has 2 rings (SSSR count). The molecular weight excluding hydrogens is 261 g/mol. The van der Waals surface area contributed by atoms with Crippen molar-refractivity contribution in [1.82, 2.24) is 5.32 Å². The lowest BCUT2D eigenvalue weighted by atomic mass is 10.1. The number of nitrogens with one attached hydrogen (secondary N) is 1. The van der Waals surface area contributed by atoms with Crippen LogP contribution in [0.4, 0.5) is 0 Å².